The molecule has 2 aliphatic rings. The van der Waals surface area contributed by atoms with Crippen molar-refractivity contribution in [1.29, 1.82) is 0 Å². The van der Waals surface area contributed by atoms with Crippen molar-refractivity contribution in [1.82, 2.24) is 4.98 Å². The Balaban J connectivity index is 1.66. The van der Waals surface area contributed by atoms with Gasteiger partial charge in [0.05, 0.1) is 13.2 Å². The zero-order chi connectivity index (χ0) is 15.5. The zero-order valence-electron chi connectivity index (χ0n) is 12.7. The molecule has 1 saturated carbocycles. The van der Waals surface area contributed by atoms with Crippen LogP contribution in [-0.4, -0.2) is 43.2 Å². The van der Waals surface area contributed by atoms with Crippen LogP contribution in [-0.2, 0) is 14.3 Å². The van der Waals surface area contributed by atoms with E-state index in [2.05, 4.69) is 4.98 Å². The molecule has 6 heteroatoms. The highest BCUT2D eigenvalue weighted by molar-refractivity contribution is 5.88. The van der Waals surface area contributed by atoms with E-state index in [1.165, 1.54) is 4.90 Å². The third kappa shape index (κ3) is 3.11. The Labute approximate surface area is 129 Å². The fraction of sp³-hybridized carbons (Fsp3) is 0.562. The van der Waals surface area contributed by atoms with Gasteiger partial charge in [0.15, 0.2) is 0 Å². The summed E-state index contributed by atoms with van der Waals surface area (Å²) in [4.78, 5) is 29.1. The molecule has 1 aliphatic heterocycles. The molecule has 22 heavy (non-hydrogen) atoms. The molecular weight excluding hydrogens is 284 g/mol. The highest BCUT2D eigenvalue weighted by Crippen LogP contribution is 2.31. The van der Waals surface area contributed by atoms with Gasteiger partial charge in [0.25, 0.3) is 0 Å². The first-order valence-corrected chi connectivity index (χ1v) is 7.62. The molecule has 0 unspecified atom stereocenters. The van der Waals surface area contributed by atoms with E-state index in [9.17, 15) is 9.59 Å². The van der Waals surface area contributed by atoms with Crippen LogP contribution in [0.25, 0.3) is 0 Å². The number of ether oxygens (including phenoxy) is 2. The molecule has 1 amide bonds. The van der Waals surface area contributed by atoms with Gasteiger partial charge in [0.2, 0.25) is 0 Å². The number of anilines is 1. The molecule has 0 aromatic carbocycles. The van der Waals surface area contributed by atoms with Crippen LogP contribution in [0.15, 0.2) is 18.3 Å². The molecule has 2 heterocycles. The van der Waals surface area contributed by atoms with Crippen LogP contribution in [0.4, 0.5) is 10.6 Å². The lowest BCUT2D eigenvalue weighted by Gasteiger charge is -2.21. The van der Waals surface area contributed by atoms with Crippen LogP contribution in [0.1, 0.15) is 37.2 Å². The minimum absolute atomic E-state index is 0.247. The second-order valence-corrected chi connectivity index (χ2v) is 5.83. The number of carbonyl (C=O) groups is 2. The molecular formula is C16H20N2O4. The number of ketones is 1. The summed E-state index contributed by atoms with van der Waals surface area (Å²) >= 11 is 0. The van der Waals surface area contributed by atoms with Gasteiger partial charge < -0.3 is 9.47 Å². The third-order valence-corrected chi connectivity index (χ3v) is 4.29. The summed E-state index contributed by atoms with van der Waals surface area (Å²) < 4.78 is 10.2. The van der Waals surface area contributed by atoms with Crippen molar-refractivity contribution in [2.45, 2.75) is 37.7 Å². The molecule has 0 spiro atoms. The molecule has 1 saturated heterocycles. The van der Waals surface area contributed by atoms with Crippen LogP contribution >= 0.6 is 0 Å². The number of carbonyl (C=O) groups excluding carboxylic acids is 2. The molecule has 0 N–H and O–H groups in total. The van der Waals surface area contributed by atoms with E-state index in [4.69, 9.17) is 9.47 Å². The van der Waals surface area contributed by atoms with Crippen molar-refractivity contribution in [2.24, 2.45) is 0 Å². The quantitative estimate of drug-likeness (QED) is 0.853. The first kappa shape index (κ1) is 15.0. The highest BCUT2D eigenvalue weighted by Gasteiger charge is 2.33. The summed E-state index contributed by atoms with van der Waals surface area (Å²) in [6, 6.07) is 3.85. The van der Waals surface area contributed by atoms with Crippen LogP contribution in [0.5, 0.6) is 0 Å². The molecule has 1 aromatic rings. The number of Topliss-reactive ketones (excluding diaryl/α,β-unsaturated/α-hetero) is 1. The number of rotatable bonds is 4. The molecule has 2 fully saturated rings. The van der Waals surface area contributed by atoms with Gasteiger partial charge in [-0.2, -0.15) is 0 Å². The lowest BCUT2D eigenvalue weighted by atomic mass is 9.84. The van der Waals surface area contributed by atoms with Gasteiger partial charge >= 0.3 is 6.09 Å². The van der Waals surface area contributed by atoms with Crippen LogP contribution in [0.2, 0.25) is 0 Å². The first-order valence-electron chi connectivity index (χ1n) is 7.62. The van der Waals surface area contributed by atoms with Crippen molar-refractivity contribution < 1.29 is 19.1 Å². The normalized spacial score (nSPS) is 23.0. The number of pyridine rings is 1. The summed E-state index contributed by atoms with van der Waals surface area (Å²) in [5.74, 6) is 1.34. The van der Waals surface area contributed by atoms with Crippen molar-refractivity contribution in [2.75, 3.05) is 25.2 Å². The molecule has 6 nitrogen and oxygen atoms in total. The van der Waals surface area contributed by atoms with Crippen molar-refractivity contribution in [3.8, 4) is 0 Å². The maximum absolute atomic E-state index is 11.9. The summed E-state index contributed by atoms with van der Waals surface area (Å²) in [7, 11) is 1.58. The standard InChI is InChI=1S/C16H20N2O4/c1-21-10-14-9-18(16(20)22-14)15-7-4-12(8-17-15)11-2-5-13(19)6-3-11/h4,7-8,11,14H,2-3,5-6,9-10H2,1H3/t14-/m0/s1. The number of hydrogen-bond acceptors (Lipinski definition) is 5. The summed E-state index contributed by atoms with van der Waals surface area (Å²) in [5.41, 5.74) is 1.14. The Morgan fingerprint density at radius 2 is 2.09 bits per heavy atom. The number of amides is 1. The Hall–Kier alpha value is -1.95. The van der Waals surface area contributed by atoms with E-state index >= 15 is 0 Å². The number of nitrogens with zero attached hydrogens (tertiary/aromatic N) is 2. The molecule has 3 rings (SSSR count). The predicted molar refractivity (Wildman–Crippen MR) is 79.9 cm³/mol. The van der Waals surface area contributed by atoms with Gasteiger partial charge in [-0.25, -0.2) is 9.78 Å². The van der Waals surface area contributed by atoms with E-state index in [0.717, 1.165) is 18.4 Å². The summed E-state index contributed by atoms with van der Waals surface area (Å²) in [6.07, 6.45) is 4.28. The van der Waals surface area contributed by atoms with Crippen LogP contribution < -0.4 is 4.90 Å². The minimum atomic E-state index is -0.384. The van der Waals surface area contributed by atoms with Crippen molar-refractivity contribution in [3.05, 3.63) is 23.9 Å². The average molecular weight is 304 g/mol. The van der Waals surface area contributed by atoms with Gasteiger partial charge in [-0.05, 0) is 30.4 Å². The number of methoxy groups -OCH3 is 1. The Kier molecular flexibility index (Phi) is 4.38. The number of aromatic nitrogens is 1. The smallest absolute Gasteiger partial charge is 0.416 e. The minimum Gasteiger partial charge on any atom is -0.441 e. The number of cyclic esters (lactones) is 1. The summed E-state index contributed by atoms with van der Waals surface area (Å²) in [5, 5.41) is 0. The van der Waals surface area contributed by atoms with Gasteiger partial charge in [0, 0.05) is 26.1 Å². The fourth-order valence-corrected chi connectivity index (χ4v) is 3.05. The predicted octanol–water partition coefficient (Wildman–Crippen LogP) is 2.28. The second-order valence-electron chi connectivity index (χ2n) is 5.83. The van der Waals surface area contributed by atoms with Crippen LogP contribution in [0.3, 0.4) is 0 Å². The van der Waals surface area contributed by atoms with E-state index in [0.29, 0.717) is 43.5 Å². The van der Waals surface area contributed by atoms with Gasteiger partial charge in [-0.15, -0.1) is 0 Å². The molecule has 1 aliphatic carbocycles. The highest BCUT2D eigenvalue weighted by atomic mass is 16.6. The lowest BCUT2D eigenvalue weighted by Crippen LogP contribution is -2.26. The van der Waals surface area contributed by atoms with E-state index in [1.807, 2.05) is 18.3 Å². The SMILES string of the molecule is COC[C@@H]1CN(c2ccc(C3CCC(=O)CC3)cn2)C(=O)O1. The second kappa shape index (κ2) is 6.44. The summed E-state index contributed by atoms with van der Waals surface area (Å²) in [6.45, 7) is 0.841. The first-order chi connectivity index (χ1) is 10.7. The van der Waals surface area contributed by atoms with Gasteiger partial charge in [-0.1, -0.05) is 6.07 Å². The molecule has 1 aromatic heterocycles. The Morgan fingerprint density at radius 3 is 2.73 bits per heavy atom. The van der Waals surface area contributed by atoms with Crippen molar-refractivity contribution in [3.63, 3.8) is 0 Å². The largest absolute Gasteiger partial charge is 0.441 e. The molecule has 0 bridgehead atoms. The Morgan fingerprint density at radius 1 is 1.32 bits per heavy atom. The molecule has 0 radical (unpaired) electrons. The molecule has 118 valence electrons. The lowest BCUT2D eigenvalue weighted by molar-refractivity contribution is -0.120. The topological polar surface area (TPSA) is 68.7 Å². The van der Waals surface area contributed by atoms with E-state index < -0.39 is 0 Å². The van der Waals surface area contributed by atoms with Gasteiger partial charge in [0.1, 0.15) is 17.7 Å². The van der Waals surface area contributed by atoms with E-state index in [-0.39, 0.29) is 12.2 Å². The Bertz CT molecular complexity index is 548. The maximum Gasteiger partial charge on any atom is 0.416 e. The average Bonchev–Trinajstić information content (AvgIpc) is 2.89. The zero-order valence-corrected chi connectivity index (χ0v) is 12.7. The van der Waals surface area contributed by atoms with Gasteiger partial charge in [-0.3, -0.25) is 9.69 Å². The van der Waals surface area contributed by atoms with E-state index in [1.54, 1.807) is 7.11 Å². The molecule has 1 atom stereocenters. The fourth-order valence-electron chi connectivity index (χ4n) is 3.05. The maximum atomic E-state index is 11.9. The third-order valence-electron chi connectivity index (χ3n) is 4.29. The number of hydrogen-bond donors (Lipinski definition) is 0. The monoisotopic (exact) mass is 304 g/mol. The van der Waals surface area contributed by atoms with Crippen LogP contribution in [0, 0.1) is 0 Å². The van der Waals surface area contributed by atoms with Crippen molar-refractivity contribution >= 4 is 17.7 Å².